The van der Waals surface area contributed by atoms with Gasteiger partial charge in [-0.15, -0.1) is 0 Å². The zero-order chi connectivity index (χ0) is 17.5. The van der Waals surface area contributed by atoms with Crippen molar-refractivity contribution in [2.24, 2.45) is 0 Å². The normalized spacial score (nSPS) is 14.9. The van der Waals surface area contributed by atoms with Gasteiger partial charge in [0, 0.05) is 0 Å². The zero-order valence-electron chi connectivity index (χ0n) is 14.8. The molecule has 0 N–H and O–H groups in total. The number of hydrogen-bond donors (Lipinski definition) is 0. The van der Waals surface area contributed by atoms with Gasteiger partial charge in [-0.2, -0.15) is 0 Å². The molecule has 0 saturated heterocycles. The van der Waals surface area contributed by atoms with Crippen LogP contribution in [-0.4, -0.2) is 4.98 Å². The number of para-hydroxylation sites is 1. The summed E-state index contributed by atoms with van der Waals surface area (Å²) in [5.74, 6) is 0.184. The number of halogens is 2. The van der Waals surface area contributed by atoms with Gasteiger partial charge in [-0.05, 0) is 0 Å². The molecule has 1 aliphatic carbocycles. The van der Waals surface area contributed by atoms with E-state index in [0.717, 1.165) is 5.52 Å². The van der Waals surface area contributed by atoms with E-state index in [1.165, 1.54) is 37.6 Å². The third kappa shape index (κ3) is 3.28. The van der Waals surface area contributed by atoms with Crippen LogP contribution in [-0.2, 0) is 16.3 Å². The van der Waals surface area contributed by atoms with Crippen LogP contribution in [0.2, 0.25) is 0 Å². The molecular formula is C24H16Cl2CrN. The number of aromatic nitrogens is 1. The Morgan fingerprint density at radius 3 is 2.18 bits per heavy atom. The third-order valence-electron chi connectivity index (χ3n) is 5.11. The molecule has 0 aliphatic heterocycles. The Kier molecular flexibility index (Phi) is 6.28. The van der Waals surface area contributed by atoms with Gasteiger partial charge in [0.15, 0.2) is 0 Å². The van der Waals surface area contributed by atoms with Crippen LogP contribution >= 0.6 is 0 Å². The van der Waals surface area contributed by atoms with E-state index in [4.69, 9.17) is 4.98 Å². The molecule has 0 saturated carbocycles. The summed E-state index contributed by atoms with van der Waals surface area (Å²) < 4.78 is 1.24. The van der Waals surface area contributed by atoms with E-state index in [9.17, 15) is 0 Å². The van der Waals surface area contributed by atoms with Crippen molar-refractivity contribution in [1.29, 1.82) is 0 Å². The number of benzene rings is 3. The Hall–Kier alpha value is -2.08. The van der Waals surface area contributed by atoms with Crippen LogP contribution in [0.25, 0.3) is 20.9 Å². The minimum atomic E-state index is 0. The molecule has 5 rings (SSSR count). The van der Waals surface area contributed by atoms with Gasteiger partial charge in [0.1, 0.15) is 0 Å². The molecule has 0 amide bonds. The second-order valence-electron chi connectivity index (χ2n) is 6.55. The number of hydrogen-bond acceptors (Lipinski definition) is 1. The van der Waals surface area contributed by atoms with Crippen LogP contribution in [0.4, 0.5) is 0 Å². The van der Waals surface area contributed by atoms with Gasteiger partial charge in [0.05, 0.1) is 0 Å². The molecule has 4 aromatic rings. The molecule has 0 spiro atoms. The van der Waals surface area contributed by atoms with Crippen molar-refractivity contribution in [3.8, 4) is 0 Å². The maximum absolute atomic E-state index is 4.72. The number of fused-ring (bicyclic) bond motifs is 2. The molecule has 1 atom stereocenters. The summed E-state index contributed by atoms with van der Waals surface area (Å²) in [6.45, 7) is 0. The van der Waals surface area contributed by atoms with Crippen LogP contribution in [0.15, 0.2) is 91.1 Å². The van der Waals surface area contributed by atoms with E-state index in [2.05, 4.69) is 95.2 Å². The van der Waals surface area contributed by atoms with Gasteiger partial charge in [-0.1, -0.05) is 0 Å². The number of rotatable bonds is 2. The fraction of sp³-hybridized carbons (Fsp3) is 0.0417. The first kappa shape index (κ1) is 20.7. The molecule has 0 bridgehead atoms. The number of pyridine rings is 1. The molecule has 137 valence electrons. The molecule has 3 aromatic carbocycles. The zero-order valence-corrected chi connectivity index (χ0v) is 17.6. The topological polar surface area (TPSA) is 12.9 Å². The molecule has 1 unspecified atom stereocenters. The van der Waals surface area contributed by atoms with Gasteiger partial charge < -0.3 is 24.8 Å². The van der Waals surface area contributed by atoms with E-state index in [1.807, 2.05) is 12.3 Å². The van der Waals surface area contributed by atoms with Gasteiger partial charge in [0.2, 0.25) is 0 Å². The third-order valence-corrected chi connectivity index (χ3v) is 5.80. The predicted molar refractivity (Wildman–Crippen MR) is 103 cm³/mol. The summed E-state index contributed by atoms with van der Waals surface area (Å²) in [7, 11) is 0. The molecule has 0 fully saturated rings. The molecule has 0 radical (unpaired) electrons. The summed E-state index contributed by atoms with van der Waals surface area (Å²) in [5.41, 5.74) is 7.58. The maximum atomic E-state index is 4.72. The molecule has 4 heteroatoms. The van der Waals surface area contributed by atoms with E-state index in [-0.39, 0.29) is 30.7 Å². The van der Waals surface area contributed by atoms with Gasteiger partial charge in [-0.3, -0.25) is 0 Å². The predicted octanol–water partition coefficient (Wildman–Crippen LogP) is -0.197. The first-order valence-corrected chi connectivity index (χ1v) is 9.38. The quantitative estimate of drug-likeness (QED) is 0.420. The summed E-state index contributed by atoms with van der Waals surface area (Å²) >= 11 is 3.35. The Balaban J connectivity index is 0.00000112. The summed E-state index contributed by atoms with van der Waals surface area (Å²) in [6.07, 6.45) is 1.89. The van der Waals surface area contributed by atoms with Crippen molar-refractivity contribution in [3.05, 3.63) is 113 Å². The Morgan fingerprint density at radius 2 is 1.36 bits per heavy atom. The molecule has 1 aliphatic rings. The second kappa shape index (κ2) is 8.52. The monoisotopic (exact) mass is 440 g/mol. The van der Waals surface area contributed by atoms with Crippen LogP contribution in [0.5, 0.6) is 0 Å². The minimum absolute atomic E-state index is 0. The molecule has 1 aromatic heterocycles. The van der Waals surface area contributed by atoms with Crippen molar-refractivity contribution in [2.75, 3.05) is 0 Å². The Bertz CT molecular complexity index is 1150. The van der Waals surface area contributed by atoms with Gasteiger partial charge >= 0.3 is 161 Å². The summed E-state index contributed by atoms with van der Waals surface area (Å²) in [6, 6.07) is 30.0. The summed E-state index contributed by atoms with van der Waals surface area (Å²) in [5, 5.41) is 1.18. The van der Waals surface area contributed by atoms with Crippen molar-refractivity contribution in [3.63, 3.8) is 0 Å². The number of nitrogens with zero attached hydrogens (tertiary/aromatic N) is 1. The molecular weight excluding hydrogens is 425 g/mol. The Labute approximate surface area is 185 Å². The van der Waals surface area contributed by atoms with Crippen LogP contribution < -0.4 is 24.8 Å². The molecule has 1 nitrogen and oxygen atoms in total. The fourth-order valence-corrected chi connectivity index (χ4v) is 4.64. The fourth-order valence-electron chi connectivity index (χ4n) is 3.99. The van der Waals surface area contributed by atoms with Gasteiger partial charge in [-0.25, -0.2) is 0 Å². The average molecular weight is 441 g/mol. The first-order chi connectivity index (χ1) is 12.8. The van der Waals surface area contributed by atoms with E-state index in [0.29, 0.717) is 0 Å². The van der Waals surface area contributed by atoms with Crippen molar-refractivity contribution >= 4 is 20.9 Å². The van der Waals surface area contributed by atoms with Crippen LogP contribution in [0.1, 0.15) is 28.2 Å². The molecule has 1 heterocycles. The van der Waals surface area contributed by atoms with E-state index in [1.54, 1.807) is 0 Å². The van der Waals surface area contributed by atoms with Crippen LogP contribution in [0, 0.1) is 0 Å². The standard InChI is InChI=1S/C24H16N.2ClH.Cr/c1-2-8-17(9-3-1)22-16-19-10-4-5-13-20(19)23(22)21-14-6-11-18-12-7-15-25-24(18)21;;;/h1-15,23H;2*1H;/q;;;+2/p-2. The SMILES string of the molecule is [Cl-].[Cl-].[Cr+2][C]1=C(c2ccccc2)C(c2cccc3cccnc23)c2ccccc21. The van der Waals surface area contributed by atoms with E-state index < -0.39 is 0 Å². The van der Waals surface area contributed by atoms with Crippen molar-refractivity contribution in [1.82, 2.24) is 4.98 Å². The van der Waals surface area contributed by atoms with E-state index >= 15 is 0 Å². The first-order valence-electron chi connectivity index (χ1n) is 8.74. The summed E-state index contributed by atoms with van der Waals surface area (Å²) in [4.78, 5) is 4.72. The average Bonchev–Trinajstić information content (AvgIpc) is 3.01. The number of allylic oxidation sites excluding steroid dienone is 1. The Morgan fingerprint density at radius 1 is 0.679 bits per heavy atom. The van der Waals surface area contributed by atoms with Crippen LogP contribution in [0.3, 0.4) is 0 Å². The van der Waals surface area contributed by atoms with Crippen molar-refractivity contribution in [2.45, 2.75) is 5.92 Å². The van der Waals surface area contributed by atoms with Gasteiger partial charge in [0.25, 0.3) is 0 Å². The molecule has 28 heavy (non-hydrogen) atoms. The van der Waals surface area contributed by atoms with Crippen molar-refractivity contribution < 1.29 is 41.1 Å². The second-order valence-corrected chi connectivity index (χ2v) is 7.19.